The average Bonchev–Trinajstić information content (AvgIpc) is 2.42. The Balaban J connectivity index is 2.23. The molecule has 1 aromatic carbocycles. The van der Waals surface area contributed by atoms with Crippen LogP contribution in [0.15, 0.2) is 28.9 Å². The molecule has 0 bridgehead atoms. The van der Waals surface area contributed by atoms with Gasteiger partial charge in [-0.2, -0.15) is 4.98 Å². The number of aryl methyl sites for hydroxylation is 1. The minimum absolute atomic E-state index is 0.290. The lowest BCUT2D eigenvalue weighted by molar-refractivity contribution is 0.453. The van der Waals surface area contributed by atoms with E-state index in [1.165, 1.54) is 12.1 Å². The van der Waals surface area contributed by atoms with Crippen molar-refractivity contribution in [1.29, 1.82) is 0 Å². The second-order valence-electron chi connectivity index (χ2n) is 4.29. The van der Waals surface area contributed by atoms with E-state index in [1.807, 2.05) is 0 Å². The van der Waals surface area contributed by atoms with Gasteiger partial charge in [0.1, 0.15) is 11.6 Å². The van der Waals surface area contributed by atoms with Crippen molar-refractivity contribution in [3.05, 3.63) is 40.2 Å². The van der Waals surface area contributed by atoms with Crippen LogP contribution >= 0.6 is 15.9 Å². The number of hydrogen-bond donors (Lipinski definition) is 1. The fourth-order valence-electron chi connectivity index (χ4n) is 1.58. The van der Waals surface area contributed by atoms with E-state index in [-0.39, 0.29) is 5.82 Å². The van der Waals surface area contributed by atoms with E-state index in [0.717, 1.165) is 13.0 Å². The zero-order valence-corrected chi connectivity index (χ0v) is 12.9. The highest BCUT2D eigenvalue weighted by atomic mass is 79.9. The molecule has 0 aliphatic carbocycles. The van der Waals surface area contributed by atoms with Gasteiger partial charge in [-0.25, -0.2) is 9.37 Å². The number of halogens is 2. The maximum absolute atomic E-state index is 13.1. The number of aromatic nitrogens is 2. The Hall–Kier alpha value is -1.69. The number of anilines is 1. The molecule has 6 heteroatoms. The van der Waals surface area contributed by atoms with Gasteiger partial charge in [0, 0.05) is 6.54 Å². The van der Waals surface area contributed by atoms with Gasteiger partial charge in [-0.15, -0.1) is 0 Å². The third-order valence-corrected chi connectivity index (χ3v) is 3.13. The fraction of sp³-hybridized carbons (Fsp3) is 0.286. The van der Waals surface area contributed by atoms with Gasteiger partial charge in [-0.05, 0) is 53.0 Å². The highest BCUT2D eigenvalue weighted by molar-refractivity contribution is 9.10. The molecular formula is C14H15BrFN3O. The highest BCUT2D eigenvalue weighted by Gasteiger charge is 2.09. The predicted molar refractivity (Wildman–Crippen MR) is 79.7 cm³/mol. The summed E-state index contributed by atoms with van der Waals surface area (Å²) in [5.74, 6) is 1.17. The van der Waals surface area contributed by atoms with Gasteiger partial charge < -0.3 is 10.1 Å². The number of nitrogens with one attached hydrogen (secondary N) is 1. The van der Waals surface area contributed by atoms with Crippen molar-refractivity contribution in [1.82, 2.24) is 9.97 Å². The minimum Gasteiger partial charge on any atom is -0.437 e. The van der Waals surface area contributed by atoms with Crippen LogP contribution < -0.4 is 10.1 Å². The molecule has 4 nitrogen and oxygen atoms in total. The maximum Gasteiger partial charge on any atom is 0.238 e. The molecule has 0 saturated carbocycles. The van der Waals surface area contributed by atoms with Gasteiger partial charge in [0.15, 0.2) is 0 Å². The molecular weight excluding hydrogens is 325 g/mol. The van der Waals surface area contributed by atoms with E-state index in [4.69, 9.17) is 4.74 Å². The molecule has 0 saturated heterocycles. The van der Waals surface area contributed by atoms with E-state index in [9.17, 15) is 4.39 Å². The first-order valence-corrected chi connectivity index (χ1v) is 7.10. The lowest BCUT2D eigenvalue weighted by atomic mass is 10.2. The molecule has 1 aromatic heterocycles. The largest absolute Gasteiger partial charge is 0.437 e. The summed E-state index contributed by atoms with van der Waals surface area (Å²) in [7, 11) is 0. The zero-order valence-electron chi connectivity index (χ0n) is 11.3. The van der Waals surface area contributed by atoms with Gasteiger partial charge >= 0.3 is 0 Å². The van der Waals surface area contributed by atoms with Crippen molar-refractivity contribution in [2.24, 2.45) is 0 Å². The first-order valence-electron chi connectivity index (χ1n) is 6.30. The van der Waals surface area contributed by atoms with Crippen molar-refractivity contribution in [2.45, 2.75) is 20.3 Å². The third kappa shape index (κ3) is 3.66. The molecule has 1 N–H and O–H groups in total. The van der Waals surface area contributed by atoms with Crippen LogP contribution in [0.4, 0.5) is 10.3 Å². The second kappa shape index (κ2) is 6.65. The van der Waals surface area contributed by atoms with E-state index in [1.54, 1.807) is 19.2 Å². The number of benzene rings is 1. The average molecular weight is 340 g/mol. The molecule has 0 aliphatic heterocycles. The molecule has 0 radical (unpaired) electrons. The lowest BCUT2D eigenvalue weighted by Gasteiger charge is -2.10. The molecule has 1 heterocycles. The van der Waals surface area contributed by atoms with Crippen LogP contribution in [-0.4, -0.2) is 16.5 Å². The van der Waals surface area contributed by atoms with Crippen LogP contribution in [0.1, 0.15) is 18.9 Å². The topological polar surface area (TPSA) is 47.0 Å². The number of nitrogens with zero attached hydrogens (tertiary/aromatic N) is 2. The number of hydrogen-bond acceptors (Lipinski definition) is 4. The SMILES string of the molecule is CCCNc1ncc(Br)c(Oc2ccc(F)cc2C)n1. The summed E-state index contributed by atoms with van der Waals surface area (Å²) in [4.78, 5) is 8.43. The quantitative estimate of drug-likeness (QED) is 0.882. The van der Waals surface area contributed by atoms with Crippen molar-refractivity contribution in [3.63, 3.8) is 0 Å². The number of ether oxygens (including phenoxy) is 1. The Kier molecular flexibility index (Phi) is 4.89. The van der Waals surface area contributed by atoms with Crippen LogP contribution in [0.25, 0.3) is 0 Å². The summed E-state index contributed by atoms with van der Waals surface area (Å²) in [6, 6.07) is 4.35. The van der Waals surface area contributed by atoms with Crippen molar-refractivity contribution in [3.8, 4) is 11.6 Å². The Bertz CT molecular complexity index is 607. The molecule has 0 unspecified atom stereocenters. The molecule has 0 aliphatic rings. The smallest absolute Gasteiger partial charge is 0.238 e. The van der Waals surface area contributed by atoms with Gasteiger partial charge in [0.2, 0.25) is 11.8 Å². The monoisotopic (exact) mass is 339 g/mol. The van der Waals surface area contributed by atoms with Crippen LogP contribution in [0.5, 0.6) is 11.6 Å². The Morgan fingerprint density at radius 1 is 1.40 bits per heavy atom. The lowest BCUT2D eigenvalue weighted by Crippen LogP contribution is -2.05. The normalized spacial score (nSPS) is 10.4. The van der Waals surface area contributed by atoms with E-state index in [0.29, 0.717) is 27.6 Å². The first kappa shape index (κ1) is 14.7. The van der Waals surface area contributed by atoms with Crippen molar-refractivity contribution < 1.29 is 9.13 Å². The third-order valence-electron chi connectivity index (χ3n) is 2.59. The summed E-state index contributed by atoms with van der Waals surface area (Å²) in [6.07, 6.45) is 2.60. The molecule has 20 heavy (non-hydrogen) atoms. The van der Waals surface area contributed by atoms with Crippen molar-refractivity contribution in [2.75, 3.05) is 11.9 Å². The van der Waals surface area contributed by atoms with E-state index in [2.05, 4.69) is 38.1 Å². The van der Waals surface area contributed by atoms with E-state index < -0.39 is 0 Å². The molecule has 0 atom stereocenters. The summed E-state index contributed by atoms with van der Waals surface area (Å²) in [5, 5.41) is 3.09. The molecule has 106 valence electrons. The second-order valence-corrected chi connectivity index (χ2v) is 5.14. The summed E-state index contributed by atoms with van der Waals surface area (Å²) in [5.41, 5.74) is 0.707. The molecule has 2 aromatic rings. The molecule has 0 amide bonds. The molecule has 2 rings (SSSR count). The minimum atomic E-state index is -0.290. The fourth-order valence-corrected chi connectivity index (χ4v) is 1.85. The maximum atomic E-state index is 13.1. The predicted octanol–water partition coefficient (Wildman–Crippen LogP) is 4.30. The Morgan fingerprint density at radius 3 is 2.90 bits per heavy atom. The first-order chi connectivity index (χ1) is 9.60. The van der Waals surface area contributed by atoms with Gasteiger partial charge in [0.05, 0.1) is 10.7 Å². The standard InChI is InChI=1S/C14H15BrFN3O/c1-3-6-17-14-18-8-11(15)13(19-14)20-12-5-4-10(16)7-9(12)2/h4-5,7-8H,3,6H2,1-2H3,(H,17,18,19). The molecule has 0 fully saturated rings. The Morgan fingerprint density at radius 2 is 2.20 bits per heavy atom. The number of rotatable bonds is 5. The van der Waals surface area contributed by atoms with Crippen LogP contribution in [-0.2, 0) is 0 Å². The zero-order chi connectivity index (χ0) is 14.5. The summed E-state index contributed by atoms with van der Waals surface area (Å²) in [6.45, 7) is 4.63. The van der Waals surface area contributed by atoms with E-state index >= 15 is 0 Å². The Labute approximate surface area is 125 Å². The van der Waals surface area contributed by atoms with Gasteiger partial charge in [-0.1, -0.05) is 6.92 Å². The van der Waals surface area contributed by atoms with Crippen LogP contribution in [0.3, 0.4) is 0 Å². The summed E-state index contributed by atoms with van der Waals surface area (Å²) >= 11 is 3.34. The van der Waals surface area contributed by atoms with Gasteiger partial charge in [0.25, 0.3) is 0 Å². The highest BCUT2D eigenvalue weighted by Crippen LogP contribution is 2.30. The van der Waals surface area contributed by atoms with Crippen molar-refractivity contribution >= 4 is 21.9 Å². The molecule has 0 spiro atoms. The van der Waals surface area contributed by atoms with Crippen LogP contribution in [0, 0.1) is 12.7 Å². The summed E-state index contributed by atoms with van der Waals surface area (Å²) < 4.78 is 19.4. The van der Waals surface area contributed by atoms with Crippen LogP contribution in [0.2, 0.25) is 0 Å². The van der Waals surface area contributed by atoms with Gasteiger partial charge in [-0.3, -0.25) is 0 Å².